The summed E-state index contributed by atoms with van der Waals surface area (Å²) in [5.41, 5.74) is 1.01. The number of carboxylic acid groups (broad SMARTS) is 1. The number of amides is 1. The normalized spacial score (nSPS) is 10.6. The third kappa shape index (κ3) is 5.19. The first kappa shape index (κ1) is 18.7. The van der Waals surface area contributed by atoms with Gasteiger partial charge in [0, 0.05) is 15.8 Å². The van der Waals surface area contributed by atoms with E-state index < -0.39 is 5.97 Å². The van der Waals surface area contributed by atoms with Crippen molar-refractivity contribution in [3.63, 3.8) is 0 Å². The third-order valence-electron chi connectivity index (χ3n) is 3.16. The maximum atomic E-state index is 11.8. The van der Waals surface area contributed by atoms with Crippen molar-refractivity contribution in [2.75, 3.05) is 5.75 Å². The fourth-order valence-electron chi connectivity index (χ4n) is 1.97. The number of carbonyl (C=O) groups is 2. The van der Waals surface area contributed by atoms with Crippen molar-refractivity contribution in [1.82, 2.24) is 5.32 Å². The molecule has 0 aliphatic rings. The summed E-state index contributed by atoms with van der Waals surface area (Å²) >= 11 is 13.3. The van der Waals surface area contributed by atoms with Gasteiger partial charge in [0.2, 0.25) is 5.91 Å². The van der Waals surface area contributed by atoms with E-state index in [1.54, 1.807) is 19.1 Å². The molecule has 0 fully saturated rings. The highest BCUT2D eigenvalue weighted by molar-refractivity contribution is 7.99. The van der Waals surface area contributed by atoms with E-state index in [9.17, 15) is 9.59 Å². The number of rotatable bonds is 7. The molecule has 0 spiro atoms. The van der Waals surface area contributed by atoms with Gasteiger partial charge in [-0.1, -0.05) is 29.3 Å². The van der Waals surface area contributed by atoms with Crippen LogP contribution in [0.4, 0.5) is 0 Å². The number of carbonyl (C=O) groups excluding carboxylic acids is 1. The number of benzene rings is 1. The Bertz CT molecular complexity index is 761. The summed E-state index contributed by atoms with van der Waals surface area (Å²) in [4.78, 5) is 22.8. The molecular formula is C16H15Cl2NO4S. The summed E-state index contributed by atoms with van der Waals surface area (Å²) in [6.45, 7) is 1.72. The smallest absolute Gasteiger partial charge is 0.339 e. The predicted octanol–water partition coefficient (Wildman–Crippen LogP) is 4.14. The zero-order valence-corrected chi connectivity index (χ0v) is 15.1. The van der Waals surface area contributed by atoms with Crippen LogP contribution in [-0.2, 0) is 17.1 Å². The molecule has 0 saturated heterocycles. The molecule has 1 aromatic carbocycles. The number of carboxylic acids is 1. The number of nitrogens with one attached hydrogen (secondary N) is 1. The molecule has 5 nitrogen and oxygen atoms in total. The highest BCUT2D eigenvalue weighted by Gasteiger charge is 2.14. The number of aromatic carboxylic acids is 1. The number of hydrogen-bond acceptors (Lipinski definition) is 4. The van der Waals surface area contributed by atoms with Crippen molar-refractivity contribution < 1.29 is 19.1 Å². The van der Waals surface area contributed by atoms with Gasteiger partial charge in [-0.05, 0) is 30.7 Å². The third-order valence-corrected chi connectivity index (χ3v) is 4.73. The Morgan fingerprint density at radius 2 is 2.04 bits per heavy atom. The Kier molecular flexibility index (Phi) is 6.60. The first-order chi connectivity index (χ1) is 11.4. The van der Waals surface area contributed by atoms with Gasteiger partial charge in [-0.2, -0.15) is 0 Å². The average Bonchev–Trinajstić information content (AvgIpc) is 2.89. The van der Waals surface area contributed by atoms with Gasteiger partial charge in [-0.3, -0.25) is 4.79 Å². The molecule has 24 heavy (non-hydrogen) atoms. The molecule has 0 saturated carbocycles. The maximum Gasteiger partial charge on any atom is 0.339 e. The summed E-state index contributed by atoms with van der Waals surface area (Å²) in [6.07, 6.45) is 0. The molecule has 1 heterocycles. The fraction of sp³-hybridized carbons (Fsp3) is 0.250. The number of halogens is 2. The zero-order chi connectivity index (χ0) is 17.7. The van der Waals surface area contributed by atoms with E-state index in [-0.39, 0.29) is 23.8 Å². The standard InChI is InChI=1S/C16H15Cl2NO4S/c1-9-13(16(21)22)5-12(23-9)6-19-15(20)8-24-7-10-2-3-11(17)4-14(10)18/h2-5H,6-8H2,1H3,(H,19,20)(H,21,22). The van der Waals surface area contributed by atoms with E-state index in [2.05, 4.69) is 5.32 Å². The molecule has 0 aliphatic heterocycles. The van der Waals surface area contributed by atoms with Crippen LogP contribution >= 0.6 is 35.0 Å². The van der Waals surface area contributed by atoms with Crippen molar-refractivity contribution in [3.05, 3.63) is 57.0 Å². The molecular weight excluding hydrogens is 373 g/mol. The lowest BCUT2D eigenvalue weighted by Crippen LogP contribution is -2.24. The topological polar surface area (TPSA) is 79.5 Å². The van der Waals surface area contributed by atoms with Crippen LogP contribution in [0.1, 0.15) is 27.4 Å². The molecule has 0 aliphatic carbocycles. The minimum Gasteiger partial charge on any atom is -0.478 e. The average molecular weight is 388 g/mol. The molecule has 2 rings (SSSR count). The van der Waals surface area contributed by atoms with Gasteiger partial charge in [0.15, 0.2) is 0 Å². The van der Waals surface area contributed by atoms with Crippen LogP contribution in [0.2, 0.25) is 10.0 Å². The zero-order valence-electron chi connectivity index (χ0n) is 12.8. The van der Waals surface area contributed by atoms with E-state index in [4.69, 9.17) is 32.7 Å². The van der Waals surface area contributed by atoms with Gasteiger partial charge in [-0.15, -0.1) is 11.8 Å². The van der Waals surface area contributed by atoms with E-state index in [1.165, 1.54) is 17.8 Å². The van der Waals surface area contributed by atoms with Crippen LogP contribution in [-0.4, -0.2) is 22.7 Å². The molecule has 0 unspecified atom stereocenters. The fourth-order valence-corrected chi connectivity index (χ4v) is 3.39. The molecule has 8 heteroatoms. The minimum absolute atomic E-state index is 0.103. The van der Waals surface area contributed by atoms with Gasteiger partial charge in [0.05, 0.1) is 12.3 Å². The highest BCUT2D eigenvalue weighted by Crippen LogP contribution is 2.24. The molecule has 2 aromatic rings. The summed E-state index contributed by atoms with van der Waals surface area (Å²) in [5.74, 6) is 0.347. The maximum absolute atomic E-state index is 11.8. The summed E-state index contributed by atoms with van der Waals surface area (Å²) < 4.78 is 5.29. The number of aryl methyl sites for hydroxylation is 1. The van der Waals surface area contributed by atoms with Crippen LogP contribution in [0.3, 0.4) is 0 Å². The van der Waals surface area contributed by atoms with Gasteiger partial charge in [-0.25, -0.2) is 4.79 Å². The van der Waals surface area contributed by atoms with E-state index in [0.29, 0.717) is 27.3 Å². The predicted molar refractivity (Wildman–Crippen MR) is 94.9 cm³/mol. The number of furan rings is 1. The lowest BCUT2D eigenvalue weighted by molar-refractivity contribution is -0.118. The summed E-state index contributed by atoms with van der Waals surface area (Å²) in [6, 6.07) is 6.66. The monoisotopic (exact) mass is 387 g/mol. The Hall–Kier alpha value is -1.63. The summed E-state index contributed by atoms with van der Waals surface area (Å²) in [5, 5.41) is 12.8. The number of hydrogen-bond donors (Lipinski definition) is 2. The van der Waals surface area contributed by atoms with Crippen LogP contribution in [0.5, 0.6) is 0 Å². The number of thioether (sulfide) groups is 1. The van der Waals surface area contributed by atoms with E-state index >= 15 is 0 Å². The van der Waals surface area contributed by atoms with Gasteiger partial charge >= 0.3 is 5.97 Å². The van der Waals surface area contributed by atoms with Crippen molar-refractivity contribution >= 4 is 46.8 Å². The second-order valence-corrected chi connectivity index (χ2v) is 6.82. The second-order valence-electron chi connectivity index (χ2n) is 4.99. The molecule has 0 radical (unpaired) electrons. The second kappa shape index (κ2) is 8.46. The van der Waals surface area contributed by atoms with Gasteiger partial charge in [0.1, 0.15) is 17.1 Å². The van der Waals surface area contributed by atoms with Crippen LogP contribution in [0, 0.1) is 6.92 Å². The first-order valence-corrected chi connectivity index (χ1v) is 8.89. The Morgan fingerprint density at radius 1 is 1.29 bits per heavy atom. The SMILES string of the molecule is Cc1oc(CNC(=O)CSCc2ccc(Cl)cc2Cl)cc1C(=O)O. The Labute approximate surface area is 153 Å². The first-order valence-electron chi connectivity index (χ1n) is 6.98. The largest absolute Gasteiger partial charge is 0.478 e. The lowest BCUT2D eigenvalue weighted by Gasteiger charge is -2.05. The van der Waals surface area contributed by atoms with Crippen LogP contribution in [0.15, 0.2) is 28.7 Å². The Morgan fingerprint density at radius 3 is 2.67 bits per heavy atom. The van der Waals surface area contributed by atoms with Crippen LogP contribution < -0.4 is 5.32 Å². The van der Waals surface area contributed by atoms with E-state index in [0.717, 1.165) is 5.56 Å². The molecule has 0 atom stereocenters. The van der Waals surface area contributed by atoms with Gasteiger partial charge in [0.25, 0.3) is 0 Å². The van der Waals surface area contributed by atoms with Crippen molar-refractivity contribution in [2.24, 2.45) is 0 Å². The quantitative estimate of drug-likeness (QED) is 0.745. The minimum atomic E-state index is -1.05. The molecule has 1 amide bonds. The van der Waals surface area contributed by atoms with Crippen LogP contribution in [0.25, 0.3) is 0 Å². The molecule has 128 valence electrons. The molecule has 0 bridgehead atoms. The highest BCUT2D eigenvalue weighted by atomic mass is 35.5. The molecule has 1 aromatic heterocycles. The van der Waals surface area contributed by atoms with Crippen molar-refractivity contribution in [2.45, 2.75) is 19.2 Å². The molecule has 2 N–H and O–H groups in total. The summed E-state index contributed by atoms with van der Waals surface area (Å²) in [7, 11) is 0. The van der Waals surface area contributed by atoms with Gasteiger partial charge < -0.3 is 14.8 Å². The van der Waals surface area contributed by atoms with Crippen molar-refractivity contribution in [3.8, 4) is 0 Å². The Balaban J connectivity index is 1.77. The van der Waals surface area contributed by atoms with E-state index in [1.807, 2.05) is 6.07 Å². The van der Waals surface area contributed by atoms with Crippen molar-refractivity contribution in [1.29, 1.82) is 0 Å². The lowest BCUT2D eigenvalue weighted by atomic mass is 10.2.